The van der Waals surface area contributed by atoms with Crippen molar-refractivity contribution in [3.05, 3.63) is 116 Å². The number of piperazine rings is 1. The number of nitrogens with one attached hydrogen (secondary N) is 1. The number of aromatic nitrogens is 1. The van der Waals surface area contributed by atoms with E-state index >= 15 is 4.39 Å². The van der Waals surface area contributed by atoms with Crippen LogP contribution >= 0.6 is 22.9 Å². The molecule has 256 valence electrons. The molecule has 2 amide bonds. The minimum absolute atomic E-state index is 0.0985. The number of urea groups is 1. The number of fused-ring (bicyclic) bond motifs is 1. The molecule has 11 nitrogen and oxygen atoms in total. The van der Waals surface area contributed by atoms with Crippen molar-refractivity contribution in [3.63, 3.8) is 0 Å². The number of carbonyl (C=O) groups excluding carboxylic acids is 2. The summed E-state index contributed by atoms with van der Waals surface area (Å²) in [7, 11) is 1.28. The molecule has 2 saturated heterocycles. The van der Waals surface area contributed by atoms with E-state index in [1.54, 1.807) is 45.6 Å². The number of aliphatic imine (C=N–C) groups is 1. The number of methoxy groups -OCH3 is 1. The Morgan fingerprint density at radius 1 is 1.08 bits per heavy atom. The van der Waals surface area contributed by atoms with Crippen molar-refractivity contribution in [1.29, 1.82) is 0 Å². The summed E-state index contributed by atoms with van der Waals surface area (Å²) in [5.41, 5.74) is 2.49. The fourth-order valence-electron chi connectivity index (χ4n) is 6.52. The largest absolute Gasteiger partial charge is 0.478 e. The molecule has 7 rings (SSSR count). The number of thiazole rings is 1. The monoisotopic (exact) mass is 718 g/mol. The van der Waals surface area contributed by atoms with E-state index in [-0.39, 0.29) is 40.3 Å². The number of aromatic carboxylic acids is 1. The average Bonchev–Trinajstić information content (AvgIpc) is 3.76. The molecule has 0 saturated carbocycles. The molecular formula is C35H29ClF2N6O5S. The van der Waals surface area contributed by atoms with Gasteiger partial charge in [-0.3, -0.25) is 14.8 Å². The van der Waals surface area contributed by atoms with Crippen LogP contribution < -0.4 is 10.2 Å². The Balaban J connectivity index is 1.13. The minimum atomic E-state index is -1.07. The van der Waals surface area contributed by atoms with Crippen LogP contribution in [0.1, 0.15) is 27.0 Å². The van der Waals surface area contributed by atoms with Crippen LogP contribution in [0.25, 0.3) is 11.1 Å². The molecular weight excluding hydrogens is 690 g/mol. The Hall–Kier alpha value is -5.18. The highest BCUT2D eigenvalue weighted by atomic mass is 35.5. The van der Waals surface area contributed by atoms with Crippen molar-refractivity contribution in [2.45, 2.75) is 12.1 Å². The zero-order valence-corrected chi connectivity index (χ0v) is 28.0. The molecule has 0 bridgehead atoms. The van der Waals surface area contributed by atoms with Crippen molar-refractivity contribution in [3.8, 4) is 11.1 Å². The number of benzene rings is 3. The molecule has 0 spiro atoms. The van der Waals surface area contributed by atoms with Crippen LogP contribution in [0.2, 0.25) is 5.02 Å². The number of carboxylic acid groups (broad SMARTS) is 1. The Kier molecular flexibility index (Phi) is 9.07. The Morgan fingerprint density at radius 2 is 1.88 bits per heavy atom. The number of nitrogens with zero attached hydrogens (tertiary/aromatic N) is 5. The standard InChI is InChI=1S/C35H29ClF2N6O5S/c1-49-34(47)29-28(40-31(32-39-10-13-50-32)41-30(29)25-8-6-21(37)14-26(25)36)18-42-11-12-43-23(16-42)17-44(35(43)48)22-7-9-24(27(38)15-22)19-2-4-20(5-3-19)33(45)46/h2-10,13-15,23,30H,11-12,16-18H2,1H3,(H,40,41)(H,45,46)/t23-,30?/m0/s1. The molecule has 1 aromatic heterocycles. The van der Waals surface area contributed by atoms with Gasteiger partial charge in [0.05, 0.1) is 24.3 Å². The summed E-state index contributed by atoms with van der Waals surface area (Å²) in [5.74, 6) is -2.33. The van der Waals surface area contributed by atoms with Crippen molar-refractivity contribution in [2.75, 3.05) is 44.7 Å². The maximum absolute atomic E-state index is 15.4. The van der Waals surface area contributed by atoms with Crippen molar-refractivity contribution < 1.29 is 33.0 Å². The molecule has 50 heavy (non-hydrogen) atoms. The number of carbonyl (C=O) groups is 3. The van der Waals surface area contributed by atoms with Crippen LogP contribution in [0.4, 0.5) is 19.3 Å². The quantitative estimate of drug-likeness (QED) is 0.226. The number of rotatable bonds is 8. The number of amides is 2. The molecule has 0 radical (unpaired) electrons. The van der Waals surface area contributed by atoms with Gasteiger partial charge < -0.3 is 20.1 Å². The third kappa shape index (κ3) is 6.32. The number of anilines is 1. The summed E-state index contributed by atoms with van der Waals surface area (Å²) in [6.07, 6.45) is 1.64. The van der Waals surface area contributed by atoms with Gasteiger partial charge in [0.2, 0.25) is 0 Å². The fourth-order valence-corrected chi connectivity index (χ4v) is 7.38. The molecule has 2 fully saturated rings. The van der Waals surface area contributed by atoms with Crippen LogP contribution in [0.15, 0.2) is 88.5 Å². The van der Waals surface area contributed by atoms with Crippen LogP contribution in [-0.4, -0.2) is 89.6 Å². The highest BCUT2D eigenvalue weighted by Crippen LogP contribution is 2.37. The first-order valence-electron chi connectivity index (χ1n) is 15.6. The van der Waals surface area contributed by atoms with Crippen molar-refractivity contribution in [1.82, 2.24) is 20.1 Å². The smallest absolute Gasteiger partial charge is 0.338 e. The zero-order valence-electron chi connectivity index (χ0n) is 26.5. The topological polar surface area (TPSA) is 128 Å². The van der Waals surface area contributed by atoms with Gasteiger partial charge in [-0.2, -0.15) is 0 Å². The van der Waals surface area contributed by atoms with Gasteiger partial charge in [0.15, 0.2) is 10.8 Å². The summed E-state index contributed by atoms with van der Waals surface area (Å²) in [6.45, 7) is 1.94. The van der Waals surface area contributed by atoms with E-state index in [1.165, 1.54) is 54.8 Å². The highest BCUT2D eigenvalue weighted by Gasteiger charge is 2.42. The number of ether oxygens (including phenoxy) is 1. The van der Waals surface area contributed by atoms with E-state index in [1.807, 2.05) is 0 Å². The molecule has 15 heteroatoms. The molecule has 4 aromatic rings. The third-order valence-corrected chi connectivity index (χ3v) is 10.1. The fraction of sp³-hybridized carbons (Fsp3) is 0.229. The predicted molar refractivity (Wildman–Crippen MR) is 183 cm³/mol. The highest BCUT2D eigenvalue weighted by molar-refractivity contribution is 7.11. The second-order valence-corrected chi connectivity index (χ2v) is 13.2. The summed E-state index contributed by atoms with van der Waals surface area (Å²) in [6, 6.07) is 13.1. The number of hydrogen-bond donors (Lipinski definition) is 2. The maximum Gasteiger partial charge on any atom is 0.338 e. The first-order valence-corrected chi connectivity index (χ1v) is 16.8. The molecule has 3 aliphatic rings. The van der Waals surface area contributed by atoms with Crippen LogP contribution in [0, 0.1) is 11.6 Å². The molecule has 3 aliphatic heterocycles. The van der Waals surface area contributed by atoms with Crippen molar-refractivity contribution >= 4 is 52.4 Å². The van der Waals surface area contributed by atoms with E-state index in [4.69, 9.17) is 26.4 Å². The summed E-state index contributed by atoms with van der Waals surface area (Å²) >= 11 is 7.84. The van der Waals surface area contributed by atoms with E-state index in [9.17, 15) is 18.8 Å². The number of carboxylic acids is 1. The molecule has 3 aromatic carbocycles. The van der Waals surface area contributed by atoms with Crippen LogP contribution in [0.3, 0.4) is 0 Å². The summed E-state index contributed by atoms with van der Waals surface area (Å²) < 4.78 is 34.6. The molecule has 4 heterocycles. The molecule has 2 N–H and O–H groups in total. The summed E-state index contributed by atoms with van der Waals surface area (Å²) in [5, 5.41) is 15.0. The number of hydrogen-bond acceptors (Lipinski definition) is 9. The van der Waals surface area contributed by atoms with Crippen LogP contribution in [-0.2, 0) is 9.53 Å². The average molecular weight is 719 g/mol. The minimum Gasteiger partial charge on any atom is -0.478 e. The van der Waals surface area contributed by atoms with Gasteiger partial charge in [-0.1, -0.05) is 29.8 Å². The predicted octanol–water partition coefficient (Wildman–Crippen LogP) is 5.58. The first kappa shape index (κ1) is 33.3. The summed E-state index contributed by atoms with van der Waals surface area (Å²) in [4.78, 5) is 52.7. The third-order valence-electron chi connectivity index (χ3n) is 8.95. The van der Waals surface area contributed by atoms with Gasteiger partial charge in [-0.15, -0.1) is 11.3 Å². The lowest BCUT2D eigenvalue weighted by Gasteiger charge is -2.38. The zero-order chi connectivity index (χ0) is 35.1. The number of amidine groups is 1. The second kappa shape index (κ2) is 13.6. The van der Waals surface area contributed by atoms with E-state index in [2.05, 4.69) is 15.2 Å². The molecule has 2 atom stereocenters. The Labute approximate surface area is 294 Å². The maximum atomic E-state index is 15.4. The van der Waals surface area contributed by atoms with Gasteiger partial charge in [0.25, 0.3) is 0 Å². The van der Waals surface area contributed by atoms with Crippen molar-refractivity contribution in [2.24, 2.45) is 4.99 Å². The molecule has 0 aliphatic carbocycles. The normalized spacial score (nSPS) is 19.3. The van der Waals surface area contributed by atoms with Crippen LogP contribution in [0.5, 0.6) is 0 Å². The van der Waals surface area contributed by atoms with E-state index in [0.717, 1.165) is 0 Å². The van der Waals surface area contributed by atoms with E-state index < -0.39 is 29.6 Å². The SMILES string of the molecule is COC(=O)C1=C(CN2CCN3C(=O)N(c4ccc(-c5ccc(C(=O)O)cc5)c(F)c4)C[C@@H]3C2)NC(c2nccs2)=NC1c1ccc(F)cc1Cl. The Morgan fingerprint density at radius 3 is 2.56 bits per heavy atom. The van der Waals surface area contributed by atoms with E-state index in [0.29, 0.717) is 59.5 Å². The van der Waals surface area contributed by atoms with Gasteiger partial charge in [-0.25, -0.2) is 28.1 Å². The number of esters is 1. The van der Waals surface area contributed by atoms with Gasteiger partial charge in [-0.05, 0) is 48.0 Å². The Bertz CT molecular complexity index is 2060. The number of halogens is 3. The molecule has 1 unspecified atom stereocenters. The second-order valence-electron chi connectivity index (χ2n) is 11.9. The lowest BCUT2D eigenvalue weighted by molar-refractivity contribution is -0.136. The lowest BCUT2D eigenvalue weighted by atomic mass is 9.95. The van der Waals surface area contributed by atoms with Gasteiger partial charge >= 0.3 is 18.0 Å². The lowest BCUT2D eigenvalue weighted by Crippen LogP contribution is -2.53. The first-order chi connectivity index (χ1) is 24.1. The van der Waals surface area contributed by atoms with Gasteiger partial charge in [0, 0.05) is 71.8 Å². The van der Waals surface area contributed by atoms with Gasteiger partial charge in [0.1, 0.15) is 17.7 Å².